The predicted molar refractivity (Wildman–Crippen MR) is 64.7 cm³/mol. The Labute approximate surface area is 102 Å². The normalized spacial score (nSPS) is 13.2. The van der Waals surface area contributed by atoms with Gasteiger partial charge in [0.05, 0.1) is 18.8 Å². The van der Waals surface area contributed by atoms with E-state index in [0.717, 1.165) is 18.8 Å². The second kappa shape index (κ2) is 7.37. The van der Waals surface area contributed by atoms with E-state index in [9.17, 15) is 5.11 Å². The number of aliphatic hydroxyl groups excluding tert-OH is 1. The molecule has 17 heavy (non-hydrogen) atoms. The number of aryl methyl sites for hydroxylation is 1. The maximum absolute atomic E-state index is 9.59. The molecule has 0 aromatic carbocycles. The summed E-state index contributed by atoms with van der Waals surface area (Å²) >= 11 is 0. The van der Waals surface area contributed by atoms with Gasteiger partial charge in [-0.05, 0) is 13.8 Å². The number of hydrogen-bond acceptors (Lipinski definition) is 5. The van der Waals surface area contributed by atoms with E-state index in [1.165, 1.54) is 0 Å². The van der Waals surface area contributed by atoms with Crippen molar-refractivity contribution in [1.82, 2.24) is 20.1 Å². The molecule has 0 amide bonds. The highest BCUT2D eigenvalue weighted by atomic mass is 16.5. The minimum Gasteiger partial charge on any atom is -0.389 e. The number of aliphatic hydroxyl groups is 1. The van der Waals surface area contributed by atoms with Crippen LogP contribution in [-0.2, 0) is 18.2 Å². The van der Waals surface area contributed by atoms with Gasteiger partial charge in [0.15, 0.2) is 0 Å². The Hall–Kier alpha value is -0.980. The zero-order valence-corrected chi connectivity index (χ0v) is 10.8. The summed E-state index contributed by atoms with van der Waals surface area (Å²) in [6, 6.07) is 0. The van der Waals surface area contributed by atoms with Crippen molar-refractivity contribution in [3.05, 3.63) is 12.2 Å². The monoisotopic (exact) mass is 242 g/mol. The van der Waals surface area contributed by atoms with E-state index >= 15 is 0 Å². The molecule has 1 rings (SSSR count). The molecule has 6 heteroatoms. The fourth-order valence-electron chi connectivity index (χ4n) is 1.36. The first kappa shape index (κ1) is 14.1. The predicted octanol–water partition coefficient (Wildman–Crippen LogP) is -0.267. The van der Waals surface area contributed by atoms with E-state index in [1.54, 1.807) is 6.33 Å². The molecule has 6 nitrogen and oxygen atoms in total. The van der Waals surface area contributed by atoms with Crippen LogP contribution in [0.15, 0.2) is 6.33 Å². The van der Waals surface area contributed by atoms with Crippen LogP contribution in [0.3, 0.4) is 0 Å². The number of rotatable bonds is 8. The molecule has 1 atom stereocenters. The third kappa shape index (κ3) is 5.76. The van der Waals surface area contributed by atoms with Gasteiger partial charge >= 0.3 is 0 Å². The Morgan fingerprint density at radius 1 is 1.53 bits per heavy atom. The fraction of sp³-hybridized carbons (Fsp3) is 0.818. The fourth-order valence-corrected chi connectivity index (χ4v) is 1.36. The maximum atomic E-state index is 9.59. The van der Waals surface area contributed by atoms with Crippen molar-refractivity contribution in [1.29, 1.82) is 0 Å². The summed E-state index contributed by atoms with van der Waals surface area (Å²) in [6.07, 6.45) is 2.18. The number of nitrogens with one attached hydrogen (secondary N) is 1. The van der Waals surface area contributed by atoms with Gasteiger partial charge in [-0.2, -0.15) is 0 Å². The summed E-state index contributed by atoms with van der Waals surface area (Å²) in [5.41, 5.74) is 0. The van der Waals surface area contributed by atoms with Crippen molar-refractivity contribution >= 4 is 0 Å². The van der Waals surface area contributed by atoms with Gasteiger partial charge in [0.2, 0.25) is 0 Å². The van der Waals surface area contributed by atoms with Gasteiger partial charge in [-0.3, -0.25) is 0 Å². The van der Waals surface area contributed by atoms with Crippen molar-refractivity contribution < 1.29 is 9.84 Å². The molecule has 1 heterocycles. The van der Waals surface area contributed by atoms with Crippen LogP contribution in [0.4, 0.5) is 0 Å². The van der Waals surface area contributed by atoms with E-state index in [-0.39, 0.29) is 6.10 Å². The second-order valence-electron chi connectivity index (χ2n) is 4.35. The van der Waals surface area contributed by atoms with Crippen LogP contribution in [0.2, 0.25) is 0 Å². The van der Waals surface area contributed by atoms with Crippen molar-refractivity contribution in [2.24, 2.45) is 7.05 Å². The lowest BCUT2D eigenvalue weighted by molar-refractivity contribution is 0.00650. The summed E-state index contributed by atoms with van der Waals surface area (Å²) in [5.74, 6) is 0.936. The highest BCUT2D eigenvalue weighted by Gasteiger charge is 2.05. The standard InChI is InChI=1S/C11H22N4O2/c1-9(2)17-7-10(16)6-12-5-4-11-14-13-8-15(11)3/h8-10,12,16H,4-7H2,1-3H3. The van der Waals surface area contributed by atoms with E-state index in [1.807, 2.05) is 25.5 Å². The number of ether oxygens (including phenoxy) is 1. The van der Waals surface area contributed by atoms with Crippen LogP contribution in [-0.4, -0.2) is 51.8 Å². The SMILES string of the molecule is CC(C)OCC(O)CNCCc1nncn1C. The van der Waals surface area contributed by atoms with Gasteiger partial charge in [0, 0.05) is 26.6 Å². The van der Waals surface area contributed by atoms with Crippen LogP contribution < -0.4 is 5.32 Å². The third-order valence-corrected chi connectivity index (χ3v) is 2.33. The summed E-state index contributed by atoms with van der Waals surface area (Å²) in [7, 11) is 1.92. The van der Waals surface area contributed by atoms with Crippen molar-refractivity contribution in [3.63, 3.8) is 0 Å². The first-order valence-corrected chi connectivity index (χ1v) is 5.93. The molecule has 0 aliphatic heterocycles. The van der Waals surface area contributed by atoms with Gasteiger partial charge in [-0.1, -0.05) is 0 Å². The molecular weight excluding hydrogens is 220 g/mol. The van der Waals surface area contributed by atoms with E-state index in [2.05, 4.69) is 15.5 Å². The van der Waals surface area contributed by atoms with Gasteiger partial charge in [-0.25, -0.2) is 0 Å². The van der Waals surface area contributed by atoms with Crippen LogP contribution in [0.1, 0.15) is 19.7 Å². The Bertz CT molecular complexity index is 314. The van der Waals surface area contributed by atoms with Crippen molar-refractivity contribution in [2.45, 2.75) is 32.5 Å². The molecule has 0 aliphatic carbocycles. The maximum Gasteiger partial charge on any atom is 0.133 e. The third-order valence-electron chi connectivity index (χ3n) is 2.33. The minimum absolute atomic E-state index is 0.156. The van der Waals surface area contributed by atoms with Crippen LogP contribution in [0.25, 0.3) is 0 Å². The Morgan fingerprint density at radius 2 is 2.29 bits per heavy atom. The Kier molecular flexibility index (Phi) is 6.10. The average Bonchev–Trinajstić information content (AvgIpc) is 2.68. The molecule has 1 aromatic heterocycles. The highest BCUT2D eigenvalue weighted by molar-refractivity contribution is 4.84. The molecule has 0 bridgehead atoms. The summed E-state index contributed by atoms with van der Waals surface area (Å²) in [5, 5.41) is 20.5. The van der Waals surface area contributed by atoms with E-state index in [0.29, 0.717) is 13.2 Å². The molecule has 0 radical (unpaired) electrons. The first-order chi connectivity index (χ1) is 8.09. The number of aromatic nitrogens is 3. The highest BCUT2D eigenvalue weighted by Crippen LogP contribution is 1.93. The van der Waals surface area contributed by atoms with Gasteiger partial charge in [-0.15, -0.1) is 10.2 Å². The topological polar surface area (TPSA) is 72.2 Å². The van der Waals surface area contributed by atoms with Crippen LogP contribution in [0.5, 0.6) is 0 Å². The zero-order chi connectivity index (χ0) is 12.7. The molecule has 0 saturated carbocycles. The smallest absolute Gasteiger partial charge is 0.133 e. The minimum atomic E-state index is -0.461. The van der Waals surface area contributed by atoms with Crippen LogP contribution >= 0.6 is 0 Å². The summed E-state index contributed by atoms with van der Waals surface area (Å²) in [4.78, 5) is 0. The lowest BCUT2D eigenvalue weighted by atomic mass is 10.3. The van der Waals surface area contributed by atoms with E-state index < -0.39 is 6.10 Å². The summed E-state index contributed by atoms with van der Waals surface area (Å²) in [6.45, 7) is 5.58. The molecule has 2 N–H and O–H groups in total. The second-order valence-corrected chi connectivity index (χ2v) is 4.35. The van der Waals surface area contributed by atoms with Gasteiger partial charge in [0.25, 0.3) is 0 Å². The molecular formula is C11H22N4O2. The lowest BCUT2D eigenvalue weighted by Crippen LogP contribution is -2.32. The average molecular weight is 242 g/mol. The Morgan fingerprint density at radius 3 is 2.88 bits per heavy atom. The Balaban J connectivity index is 2.06. The zero-order valence-electron chi connectivity index (χ0n) is 10.8. The molecule has 0 saturated heterocycles. The number of nitrogens with zero attached hydrogens (tertiary/aromatic N) is 3. The molecule has 0 fully saturated rings. The largest absolute Gasteiger partial charge is 0.389 e. The molecule has 0 aliphatic rings. The molecule has 1 aromatic rings. The van der Waals surface area contributed by atoms with Crippen molar-refractivity contribution in [2.75, 3.05) is 19.7 Å². The lowest BCUT2D eigenvalue weighted by Gasteiger charge is -2.14. The first-order valence-electron chi connectivity index (χ1n) is 5.93. The molecule has 1 unspecified atom stereocenters. The van der Waals surface area contributed by atoms with Gasteiger partial charge < -0.3 is 19.7 Å². The quantitative estimate of drug-likeness (QED) is 0.614. The van der Waals surface area contributed by atoms with E-state index in [4.69, 9.17) is 4.74 Å². The van der Waals surface area contributed by atoms with Crippen molar-refractivity contribution in [3.8, 4) is 0 Å². The van der Waals surface area contributed by atoms with Gasteiger partial charge in [0.1, 0.15) is 12.2 Å². The van der Waals surface area contributed by atoms with Crippen LogP contribution in [0, 0.1) is 0 Å². The molecule has 98 valence electrons. The summed E-state index contributed by atoms with van der Waals surface area (Å²) < 4.78 is 7.20. The number of hydrogen-bond donors (Lipinski definition) is 2. The molecule has 0 spiro atoms.